The second kappa shape index (κ2) is 4.59. The van der Waals surface area contributed by atoms with Crippen LogP contribution in [-0.4, -0.2) is 29.5 Å². The third-order valence-electron chi connectivity index (χ3n) is 2.71. The Bertz CT molecular complexity index is 132. The summed E-state index contributed by atoms with van der Waals surface area (Å²) in [5.41, 5.74) is 0. The van der Waals surface area contributed by atoms with Crippen LogP contribution in [-0.2, 0) is 0 Å². The molecule has 0 rings (SSSR count). The molecule has 2 heteroatoms. The van der Waals surface area contributed by atoms with Gasteiger partial charge in [-0.1, -0.05) is 57.4 Å². The maximum Gasteiger partial charge on any atom is -0.0116 e. The van der Waals surface area contributed by atoms with Gasteiger partial charge in [0.1, 0.15) is 0 Å². The molecule has 80 valence electrons. The molecule has 0 aromatic rings. The lowest BCUT2D eigenvalue weighted by Gasteiger charge is -2.35. The highest BCUT2D eigenvalue weighted by Crippen LogP contribution is 2.59. The third kappa shape index (κ3) is 5.34. The van der Waals surface area contributed by atoms with Crippen LogP contribution in [0.25, 0.3) is 0 Å². The van der Waals surface area contributed by atoms with Gasteiger partial charge in [-0.05, 0) is 29.5 Å². The molecule has 0 nitrogen and oxygen atoms in total. The number of rotatable bonds is 2. The highest BCUT2D eigenvalue weighted by molar-refractivity contribution is 7.75. The molecule has 0 aliphatic rings. The van der Waals surface area contributed by atoms with Crippen molar-refractivity contribution in [2.45, 2.75) is 51.9 Å². The van der Waals surface area contributed by atoms with Crippen molar-refractivity contribution in [1.82, 2.24) is 0 Å². The molecule has 0 amide bonds. The first kappa shape index (κ1) is 13.9. The van der Waals surface area contributed by atoms with Gasteiger partial charge in [-0.2, -0.15) is 0 Å². The normalized spacial score (nSPS) is 18.5. The van der Waals surface area contributed by atoms with Gasteiger partial charge in [-0.3, -0.25) is 0 Å². The molecule has 0 fully saturated rings. The van der Waals surface area contributed by atoms with E-state index in [2.05, 4.69) is 54.9 Å². The molecular formula is C11H26P2. The zero-order valence-electron chi connectivity index (χ0n) is 10.6. The van der Waals surface area contributed by atoms with E-state index in [-0.39, 0.29) is 15.8 Å². The summed E-state index contributed by atoms with van der Waals surface area (Å²) < 4.78 is 0. The maximum atomic E-state index is 2.46. The Balaban J connectivity index is 4.15. The molecule has 2 atom stereocenters. The van der Waals surface area contributed by atoms with E-state index >= 15 is 0 Å². The highest BCUT2D eigenvalue weighted by Gasteiger charge is 2.26. The molecule has 0 bridgehead atoms. The van der Waals surface area contributed by atoms with Crippen molar-refractivity contribution in [3.05, 3.63) is 0 Å². The van der Waals surface area contributed by atoms with Gasteiger partial charge in [0.25, 0.3) is 0 Å². The van der Waals surface area contributed by atoms with Crippen molar-refractivity contribution < 1.29 is 0 Å². The second-order valence-corrected chi connectivity index (χ2v) is 12.5. The standard InChI is InChI=1S/C11H26P2/c1-10(2,3)12(7)9-13(8)11(4,5)6/h9H2,1-8H3. The first-order valence-electron chi connectivity index (χ1n) is 4.97. The SMILES string of the molecule is CP(CP(C)C(C)(C)C)C(C)(C)C. The van der Waals surface area contributed by atoms with Gasteiger partial charge in [0.2, 0.25) is 0 Å². The molecule has 0 aliphatic heterocycles. The molecule has 0 aliphatic carbocycles. The Morgan fingerprint density at radius 2 is 0.923 bits per heavy atom. The summed E-state index contributed by atoms with van der Waals surface area (Å²) in [6.45, 7) is 19.2. The smallest absolute Gasteiger partial charge is 0.0116 e. The average molecular weight is 220 g/mol. The molecule has 0 radical (unpaired) electrons. The monoisotopic (exact) mass is 220 g/mol. The Kier molecular flexibility index (Phi) is 4.89. The fourth-order valence-electron chi connectivity index (χ4n) is 0.742. The van der Waals surface area contributed by atoms with E-state index in [9.17, 15) is 0 Å². The minimum absolute atomic E-state index is 0.204. The van der Waals surface area contributed by atoms with E-state index in [0.717, 1.165) is 0 Å². The van der Waals surface area contributed by atoms with Crippen molar-refractivity contribution in [2.75, 3.05) is 19.2 Å². The Morgan fingerprint density at radius 1 is 0.692 bits per heavy atom. The minimum Gasteiger partial charge on any atom is -0.1000 e. The van der Waals surface area contributed by atoms with E-state index in [1.807, 2.05) is 0 Å². The highest BCUT2D eigenvalue weighted by atomic mass is 31.2. The second-order valence-electron chi connectivity index (χ2n) is 5.88. The van der Waals surface area contributed by atoms with Crippen LogP contribution in [0.3, 0.4) is 0 Å². The van der Waals surface area contributed by atoms with E-state index in [0.29, 0.717) is 10.3 Å². The summed E-state index contributed by atoms with van der Waals surface area (Å²) in [7, 11) is 0.407. The van der Waals surface area contributed by atoms with Crippen molar-refractivity contribution in [3.63, 3.8) is 0 Å². The van der Waals surface area contributed by atoms with Crippen LogP contribution < -0.4 is 0 Å². The molecular weight excluding hydrogens is 194 g/mol. The molecule has 13 heavy (non-hydrogen) atoms. The molecule has 0 spiro atoms. The fraction of sp³-hybridized carbons (Fsp3) is 1.00. The summed E-state index contributed by atoms with van der Waals surface area (Å²) in [4.78, 5) is 0. The van der Waals surface area contributed by atoms with Crippen LogP contribution in [0, 0.1) is 0 Å². The van der Waals surface area contributed by atoms with Crippen molar-refractivity contribution in [1.29, 1.82) is 0 Å². The summed E-state index contributed by atoms with van der Waals surface area (Å²) >= 11 is 0. The molecule has 0 saturated heterocycles. The van der Waals surface area contributed by atoms with Gasteiger partial charge in [0.15, 0.2) is 0 Å². The largest absolute Gasteiger partial charge is 0.1000 e. The maximum absolute atomic E-state index is 2.46. The molecule has 2 unspecified atom stereocenters. The fourth-order valence-corrected chi connectivity index (χ4v) is 6.68. The summed E-state index contributed by atoms with van der Waals surface area (Å²) in [5, 5.41) is 1.08. The predicted molar refractivity (Wildman–Crippen MR) is 70.1 cm³/mol. The van der Waals surface area contributed by atoms with Crippen LogP contribution in [0.1, 0.15) is 41.5 Å². The molecule has 0 aromatic heterocycles. The first-order chi connectivity index (χ1) is 5.55. The summed E-state index contributed by atoms with van der Waals surface area (Å²) in [6.07, 6.45) is 0. The van der Waals surface area contributed by atoms with E-state index in [1.165, 1.54) is 5.90 Å². The van der Waals surface area contributed by atoms with Crippen LogP contribution in [0.5, 0.6) is 0 Å². The lowest BCUT2D eigenvalue weighted by molar-refractivity contribution is 0.778. The van der Waals surface area contributed by atoms with Gasteiger partial charge in [0.05, 0.1) is 0 Å². The van der Waals surface area contributed by atoms with Crippen molar-refractivity contribution >= 4 is 15.8 Å². The van der Waals surface area contributed by atoms with Gasteiger partial charge in [-0.25, -0.2) is 0 Å². The van der Waals surface area contributed by atoms with Crippen LogP contribution >= 0.6 is 15.8 Å². The number of hydrogen-bond acceptors (Lipinski definition) is 0. The first-order valence-corrected chi connectivity index (χ1v) is 8.92. The van der Waals surface area contributed by atoms with Gasteiger partial charge >= 0.3 is 0 Å². The average Bonchev–Trinajstić information content (AvgIpc) is 1.82. The summed E-state index contributed by atoms with van der Waals surface area (Å²) in [6, 6.07) is 0. The Morgan fingerprint density at radius 3 is 1.08 bits per heavy atom. The minimum atomic E-state index is 0.204. The van der Waals surface area contributed by atoms with E-state index in [4.69, 9.17) is 0 Å². The lowest BCUT2D eigenvalue weighted by Crippen LogP contribution is -2.17. The molecule has 0 heterocycles. The van der Waals surface area contributed by atoms with Gasteiger partial charge < -0.3 is 0 Å². The zero-order chi connectivity index (χ0) is 10.9. The van der Waals surface area contributed by atoms with Crippen molar-refractivity contribution in [3.8, 4) is 0 Å². The Hall–Kier alpha value is 0.860. The zero-order valence-corrected chi connectivity index (χ0v) is 12.4. The predicted octanol–water partition coefficient (Wildman–Crippen LogP) is 4.76. The van der Waals surface area contributed by atoms with Crippen LogP contribution in [0.2, 0.25) is 0 Å². The number of hydrogen-bond donors (Lipinski definition) is 0. The molecule has 0 aromatic carbocycles. The van der Waals surface area contributed by atoms with Gasteiger partial charge in [0, 0.05) is 0 Å². The molecule has 0 saturated carbocycles. The van der Waals surface area contributed by atoms with Gasteiger partial charge in [-0.15, -0.1) is 0 Å². The third-order valence-corrected chi connectivity index (χ3v) is 10.7. The Labute approximate surface area is 87.4 Å². The van der Waals surface area contributed by atoms with Crippen molar-refractivity contribution in [2.24, 2.45) is 0 Å². The lowest BCUT2D eigenvalue weighted by atomic mass is 10.3. The summed E-state index contributed by atoms with van der Waals surface area (Å²) in [5.74, 6) is 1.47. The van der Waals surface area contributed by atoms with Crippen LogP contribution in [0.15, 0.2) is 0 Å². The topological polar surface area (TPSA) is 0 Å². The van der Waals surface area contributed by atoms with Crippen LogP contribution in [0.4, 0.5) is 0 Å². The molecule has 0 N–H and O–H groups in total. The quantitative estimate of drug-likeness (QED) is 0.588. The van der Waals surface area contributed by atoms with E-state index in [1.54, 1.807) is 0 Å². The van der Waals surface area contributed by atoms with E-state index < -0.39 is 0 Å².